The van der Waals surface area contributed by atoms with Gasteiger partial charge >= 0.3 is 0 Å². The van der Waals surface area contributed by atoms with Crippen molar-refractivity contribution in [3.05, 3.63) is 39.6 Å². The van der Waals surface area contributed by atoms with Crippen molar-refractivity contribution in [3.63, 3.8) is 0 Å². The van der Waals surface area contributed by atoms with Gasteiger partial charge in [0, 0.05) is 42.6 Å². The highest BCUT2D eigenvalue weighted by Gasteiger charge is 2.10. The summed E-state index contributed by atoms with van der Waals surface area (Å²) in [5.41, 5.74) is 1.06. The summed E-state index contributed by atoms with van der Waals surface area (Å²) in [6.07, 6.45) is 2.05. The third kappa shape index (κ3) is 3.89. The molecule has 0 saturated heterocycles. The van der Waals surface area contributed by atoms with Gasteiger partial charge in [-0.05, 0) is 26.0 Å². The zero-order valence-corrected chi connectivity index (χ0v) is 12.6. The first-order valence-electron chi connectivity index (χ1n) is 6.46. The van der Waals surface area contributed by atoms with E-state index in [1.54, 1.807) is 0 Å². The molecule has 2 rings (SSSR count). The van der Waals surface area contributed by atoms with Gasteiger partial charge in [-0.3, -0.25) is 4.90 Å². The summed E-state index contributed by atoms with van der Waals surface area (Å²) < 4.78 is 2.03. The number of rotatable bonds is 6. The lowest BCUT2D eigenvalue weighted by Gasteiger charge is -2.19. The van der Waals surface area contributed by atoms with Crippen LogP contribution >= 0.6 is 11.3 Å². The van der Waals surface area contributed by atoms with Crippen molar-refractivity contribution in [3.8, 4) is 0 Å². The van der Waals surface area contributed by atoms with Crippen molar-refractivity contribution in [1.82, 2.24) is 14.5 Å². The van der Waals surface area contributed by atoms with E-state index in [1.807, 2.05) is 29.9 Å². The second kappa shape index (κ2) is 6.32. The van der Waals surface area contributed by atoms with E-state index in [9.17, 15) is 5.11 Å². The minimum atomic E-state index is 0.177. The summed E-state index contributed by atoms with van der Waals surface area (Å²) in [4.78, 5) is 9.41. The minimum absolute atomic E-state index is 0.177. The van der Waals surface area contributed by atoms with Gasteiger partial charge in [0.2, 0.25) is 0 Å². The van der Waals surface area contributed by atoms with Crippen molar-refractivity contribution < 1.29 is 5.11 Å². The highest BCUT2D eigenvalue weighted by atomic mass is 32.1. The van der Waals surface area contributed by atoms with Crippen LogP contribution in [-0.4, -0.2) is 32.7 Å². The average molecular weight is 279 g/mol. The molecule has 0 unspecified atom stereocenters. The summed E-state index contributed by atoms with van der Waals surface area (Å²) in [7, 11) is 2.00. The maximum atomic E-state index is 9.19. The van der Waals surface area contributed by atoms with Gasteiger partial charge in [0.15, 0.2) is 0 Å². The lowest BCUT2D eigenvalue weighted by Crippen LogP contribution is -2.25. The first-order valence-corrected chi connectivity index (χ1v) is 7.27. The molecule has 0 atom stereocenters. The molecule has 1 N–H and O–H groups in total. The zero-order chi connectivity index (χ0) is 13.8. The predicted octanol–water partition coefficient (Wildman–Crippen LogP) is 2.09. The molecule has 5 heteroatoms. The molecule has 104 valence electrons. The number of hydrogen-bond acceptors (Lipinski definition) is 4. The molecule has 19 heavy (non-hydrogen) atoms. The van der Waals surface area contributed by atoms with Crippen LogP contribution in [0.2, 0.25) is 0 Å². The Hall–Kier alpha value is -1.17. The molecule has 0 saturated carbocycles. The van der Waals surface area contributed by atoms with E-state index in [0.29, 0.717) is 6.54 Å². The third-order valence-corrected chi connectivity index (χ3v) is 4.12. The maximum Gasteiger partial charge on any atom is 0.105 e. The van der Waals surface area contributed by atoms with Crippen LogP contribution in [0, 0.1) is 13.8 Å². The van der Waals surface area contributed by atoms with Gasteiger partial charge in [-0.25, -0.2) is 4.98 Å². The van der Waals surface area contributed by atoms with E-state index in [4.69, 9.17) is 0 Å². The minimum Gasteiger partial charge on any atom is -0.395 e. The zero-order valence-electron chi connectivity index (χ0n) is 11.8. The molecule has 0 aliphatic carbocycles. The molecular formula is C14H21N3OS. The lowest BCUT2D eigenvalue weighted by molar-refractivity contribution is 0.184. The molecule has 2 aromatic rings. The van der Waals surface area contributed by atoms with Gasteiger partial charge < -0.3 is 9.67 Å². The Kier molecular flexibility index (Phi) is 4.74. The summed E-state index contributed by atoms with van der Waals surface area (Å²) in [6, 6.07) is 4.30. The topological polar surface area (TPSA) is 41.3 Å². The SMILES string of the molecule is Cc1ccc(CN(CCO)Cc2cn(C)c(C)n2)s1. The highest BCUT2D eigenvalue weighted by molar-refractivity contribution is 7.11. The number of thiophene rings is 1. The Morgan fingerprint density at radius 1 is 1.32 bits per heavy atom. The van der Waals surface area contributed by atoms with Gasteiger partial charge in [0.05, 0.1) is 12.3 Å². The summed E-state index contributed by atoms with van der Waals surface area (Å²) in [5, 5.41) is 9.19. The van der Waals surface area contributed by atoms with E-state index < -0.39 is 0 Å². The Labute approximate surface area is 118 Å². The molecule has 0 fully saturated rings. The maximum absolute atomic E-state index is 9.19. The van der Waals surface area contributed by atoms with Gasteiger partial charge in [-0.2, -0.15) is 0 Å². The van der Waals surface area contributed by atoms with Crippen molar-refractivity contribution in [2.45, 2.75) is 26.9 Å². The molecule has 4 nitrogen and oxygen atoms in total. The Balaban J connectivity index is 2.03. The Bertz CT molecular complexity index is 513. The monoisotopic (exact) mass is 279 g/mol. The molecule has 0 aromatic carbocycles. The predicted molar refractivity (Wildman–Crippen MR) is 78.2 cm³/mol. The van der Waals surface area contributed by atoms with Crippen molar-refractivity contribution in [1.29, 1.82) is 0 Å². The first-order chi connectivity index (χ1) is 9.08. The fraction of sp³-hybridized carbons (Fsp3) is 0.500. The number of aryl methyl sites for hydroxylation is 3. The van der Waals surface area contributed by atoms with E-state index in [2.05, 4.69) is 35.1 Å². The van der Waals surface area contributed by atoms with Crippen LogP contribution in [0.5, 0.6) is 0 Å². The Morgan fingerprint density at radius 3 is 2.63 bits per heavy atom. The largest absolute Gasteiger partial charge is 0.395 e. The molecule has 0 bridgehead atoms. The van der Waals surface area contributed by atoms with E-state index in [1.165, 1.54) is 9.75 Å². The molecule has 0 aliphatic rings. The van der Waals surface area contributed by atoms with E-state index >= 15 is 0 Å². The molecule has 0 aliphatic heterocycles. The quantitative estimate of drug-likeness (QED) is 0.880. The number of imidazole rings is 1. The van der Waals surface area contributed by atoms with Gasteiger partial charge in [-0.15, -0.1) is 11.3 Å². The summed E-state index contributed by atoms with van der Waals surface area (Å²) >= 11 is 1.81. The van der Waals surface area contributed by atoms with Crippen molar-refractivity contribution in [2.75, 3.05) is 13.2 Å². The average Bonchev–Trinajstić information content (AvgIpc) is 2.87. The van der Waals surface area contributed by atoms with Crippen LogP contribution in [0.4, 0.5) is 0 Å². The second-order valence-electron chi connectivity index (χ2n) is 4.84. The lowest BCUT2D eigenvalue weighted by atomic mass is 10.3. The van der Waals surface area contributed by atoms with Gasteiger partial charge in [0.1, 0.15) is 5.82 Å². The number of aliphatic hydroxyl groups excluding tert-OH is 1. The molecule has 0 spiro atoms. The second-order valence-corrected chi connectivity index (χ2v) is 6.21. The standard InChI is InChI=1S/C14H21N3OS/c1-11-4-5-14(19-11)10-17(6-7-18)9-13-8-16(3)12(2)15-13/h4-5,8,18H,6-7,9-10H2,1-3H3. The van der Waals surface area contributed by atoms with Crippen molar-refractivity contribution in [2.24, 2.45) is 7.05 Å². The van der Waals surface area contributed by atoms with Crippen LogP contribution in [0.3, 0.4) is 0 Å². The van der Waals surface area contributed by atoms with E-state index in [0.717, 1.165) is 24.6 Å². The normalized spacial score (nSPS) is 11.4. The van der Waals surface area contributed by atoms with Gasteiger partial charge in [0.25, 0.3) is 0 Å². The van der Waals surface area contributed by atoms with Crippen LogP contribution in [0.1, 0.15) is 21.3 Å². The fourth-order valence-electron chi connectivity index (χ4n) is 2.08. The van der Waals surface area contributed by atoms with Crippen LogP contribution in [-0.2, 0) is 20.1 Å². The Morgan fingerprint density at radius 2 is 2.11 bits per heavy atom. The van der Waals surface area contributed by atoms with Crippen molar-refractivity contribution >= 4 is 11.3 Å². The molecule has 0 amide bonds. The van der Waals surface area contributed by atoms with Crippen LogP contribution in [0.25, 0.3) is 0 Å². The highest BCUT2D eigenvalue weighted by Crippen LogP contribution is 2.18. The third-order valence-electron chi connectivity index (χ3n) is 3.14. The van der Waals surface area contributed by atoms with E-state index in [-0.39, 0.29) is 6.61 Å². The van der Waals surface area contributed by atoms with Crippen LogP contribution in [0.15, 0.2) is 18.3 Å². The molecular weight excluding hydrogens is 258 g/mol. The number of aromatic nitrogens is 2. The number of nitrogens with zero attached hydrogens (tertiary/aromatic N) is 3. The summed E-state index contributed by atoms with van der Waals surface area (Å²) in [5.74, 6) is 1.02. The number of aliphatic hydroxyl groups is 1. The molecule has 0 radical (unpaired) electrons. The van der Waals surface area contributed by atoms with Crippen LogP contribution < -0.4 is 0 Å². The smallest absolute Gasteiger partial charge is 0.105 e. The molecule has 2 aromatic heterocycles. The fourth-order valence-corrected chi connectivity index (χ4v) is 3.02. The van der Waals surface area contributed by atoms with Gasteiger partial charge in [-0.1, -0.05) is 0 Å². The molecule has 2 heterocycles. The first kappa shape index (κ1) is 14.2. The summed E-state index contributed by atoms with van der Waals surface area (Å²) in [6.45, 7) is 6.62. The number of hydrogen-bond donors (Lipinski definition) is 1.